The lowest BCUT2D eigenvalue weighted by molar-refractivity contribution is 0.669. The fourth-order valence-corrected chi connectivity index (χ4v) is 6.82. The maximum absolute atomic E-state index is 6.58. The quantitative estimate of drug-likeness (QED) is 0.185. The summed E-state index contributed by atoms with van der Waals surface area (Å²) in [5, 5.41) is 4.58. The van der Waals surface area contributed by atoms with Crippen LogP contribution in [-0.4, -0.2) is 0 Å². The number of hydrogen-bond acceptors (Lipinski definition) is 2. The van der Waals surface area contributed by atoms with Gasteiger partial charge in [-0.2, -0.15) is 0 Å². The standard InChI is InChI=1S/C46H31NO/c1-4-12-32(13-5-1)34-20-24-39(25-21-34)47(40-26-22-35(23-27-40)33-14-6-2-7-15-33)44-30-43-42-28-37-18-10-11-19-38(37)29-45(42)48-46(43)31-41(44)36-16-8-3-9-17-36/h1-31H. The smallest absolute Gasteiger partial charge is 0.136 e. The van der Waals surface area contributed by atoms with Crippen LogP contribution in [0.25, 0.3) is 66.1 Å². The van der Waals surface area contributed by atoms with Gasteiger partial charge in [-0.05, 0) is 87.1 Å². The number of rotatable bonds is 6. The van der Waals surface area contributed by atoms with Crippen LogP contribution in [0, 0.1) is 0 Å². The number of nitrogens with zero attached hydrogens (tertiary/aromatic N) is 1. The third-order valence-electron chi connectivity index (χ3n) is 9.25. The van der Waals surface area contributed by atoms with Gasteiger partial charge in [0.1, 0.15) is 11.2 Å². The van der Waals surface area contributed by atoms with E-state index in [9.17, 15) is 0 Å². The highest BCUT2D eigenvalue weighted by atomic mass is 16.3. The number of fused-ring (bicyclic) bond motifs is 4. The molecule has 0 radical (unpaired) electrons. The Bertz CT molecular complexity index is 2430. The maximum atomic E-state index is 6.58. The van der Waals surface area contributed by atoms with Crippen molar-refractivity contribution in [2.24, 2.45) is 0 Å². The Labute approximate surface area is 279 Å². The van der Waals surface area contributed by atoms with E-state index in [1.165, 1.54) is 33.0 Å². The van der Waals surface area contributed by atoms with Crippen LogP contribution in [0.15, 0.2) is 192 Å². The molecule has 0 N–H and O–H groups in total. The molecule has 0 aliphatic carbocycles. The molecule has 0 saturated heterocycles. The first kappa shape index (κ1) is 27.9. The highest BCUT2D eigenvalue weighted by Gasteiger charge is 2.21. The van der Waals surface area contributed by atoms with E-state index in [0.29, 0.717) is 0 Å². The highest BCUT2D eigenvalue weighted by Crippen LogP contribution is 2.45. The third-order valence-corrected chi connectivity index (χ3v) is 9.25. The van der Waals surface area contributed by atoms with Crippen LogP contribution in [0.4, 0.5) is 17.1 Å². The van der Waals surface area contributed by atoms with Gasteiger partial charge < -0.3 is 9.32 Å². The Morgan fingerprint density at radius 3 is 1.29 bits per heavy atom. The molecule has 0 aliphatic heterocycles. The van der Waals surface area contributed by atoms with Crippen LogP contribution in [0.3, 0.4) is 0 Å². The first-order chi connectivity index (χ1) is 23.8. The minimum atomic E-state index is 0.877. The van der Waals surface area contributed by atoms with Gasteiger partial charge in [0.2, 0.25) is 0 Å². The summed E-state index contributed by atoms with van der Waals surface area (Å²) in [4.78, 5) is 2.38. The molecule has 0 spiro atoms. The van der Waals surface area contributed by atoms with Crippen LogP contribution >= 0.6 is 0 Å². The second-order valence-electron chi connectivity index (χ2n) is 12.2. The second kappa shape index (κ2) is 11.8. The second-order valence-corrected chi connectivity index (χ2v) is 12.2. The average Bonchev–Trinajstić information content (AvgIpc) is 3.51. The summed E-state index contributed by atoms with van der Waals surface area (Å²) in [6.07, 6.45) is 0. The zero-order chi connectivity index (χ0) is 31.9. The van der Waals surface area contributed by atoms with Crippen LogP contribution in [0.1, 0.15) is 0 Å². The van der Waals surface area contributed by atoms with Gasteiger partial charge in [-0.25, -0.2) is 0 Å². The molecule has 0 aliphatic rings. The summed E-state index contributed by atoms with van der Waals surface area (Å²) in [5.41, 5.74) is 12.0. The lowest BCUT2D eigenvalue weighted by atomic mass is 9.98. The largest absolute Gasteiger partial charge is 0.456 e. The van der Waals surface area contributed by atoms with E-state index in [-0.39, 0.29) is 0 Å². The molecular weight excluding hydrogens is 583 g/mol. The van der Waals surface area contributed by atoms with Crippen molar-refractivity contribution in [3.05, 3.63) is 188 Å². The maximum Gasteiger partial charge on any atom is 0.136 e. The first-order valence-electron chi connectivity index (χ1n) is 16.3. The Morgan fingerprint density at radius 1 is 0.333 bits per heavy atom. The normalized spacial score (nSPS) is 11.3. The van der Waals surface area contributed by atoms with Crippen molar-refractivity contribution in [2.75, 3.05) is 4.90 Å². The zero-order valence-corrected chi connectivity index (χ0v) is 26.3. The van der Waals surface area contributed by atoms with E-state index in [0.717, 1.165) is 50.1 Å². The molecule has 1 aromatic heterocycles. The van der Waals surface area contributed by atoms with Crippen molar-refractivity contribution in [3.63, 3.8) is 0 Å². The van der Waals surface area contributed by atoms with Gasteiger partial charge in [-0.1, -0.05) is 140 Å². The van der Waals surface area contributed by atoms with E-state index in [2.05, 4.69) is 193 Å². The van der Waals surface area contributed by atoms with E-state index < -0.39 is 0 Å². The van der Waals surface area contributed by atoms with Crippen LogP contribution < -0.4 is 4.90 Å². The van der Waals surface area contributed by atoms with E-state index in [1.54, 1.807) is 0 Å². The number of furan rings is 1. The molecule has 9 aromatic rings. The van der Waals surface area contributed by atoms with Crippen molar-refractivity contribution in [1.82, 2.24) is 0 Å². The van der Waals surface area contributed by atoms with Gasteiger partial charge in [0.15, 0.2) is 0 Å². The molecule has 0 amide bonds. The molecule has 9 rings (SSSR count). The number of anilines is 3. The summed E-state index contributed by atoms with van der Waals surface area (Å²) >= 11 is 0. The van der Waals surface area contributed by atoms with E-state index in [4.69, 9.17) is 4.42 Å². The van der Waals surface area contributed by atoms with E-state index >= 15 is 0 Å². The molecule has 0 fully saturated rings. The van der Waals surface area contributed by atoms with Crippen molar-refractivity contribution in [3.8, 4) is 33.4 Å². The lowest BCUT2D eigenvalue weighted by Gasteiger charge is -2.28. The minimum absolute atomic E-state index is 0.877. The lowest BCUT2D eigenvalue weighted by Crippen LogP contribution is -2.11. The van der Waals surface area contributed by atoms with Gasteiger partial charge >= 0.3 is 0 Å². The zero-order valence-electron chi connectivity index (χ0n) is 26.3. The van der Waals surface area contributed by atoms with Gasteiger partial charge in [-0.3, -0.25) is 0 Å². The predicted octanol–water partition coefficient (Wildman–Crippen LogP) is 13.2. The van der Waals surface area contributed by atoms with Crippen molar-refractivity contribution >= 4 is 49.8 Å². The Kier molecular flexibility index (Phi) is 6.84. The minimum Gasteiger partial charge on any atom is -0.456 e. The summed E-state index contributed by atoms with van der Waals surface area (Å²) in [7, 11) is 0. The summed E-state index contributed by atoms with van der Waals surface area (Å²) in [5.74, 6) is 0. The summed E-state index contributed by atoms with van der Waals surface area (Å²) in [6.45, 7) is 0. The van der Waals surface area contributed by atoms with Gasteiger partial charge in [0.05, 0.1) is 5.69 Å². The third kappa shape index (κ3) is 5.01. The van der Waals surface area contributed by atoms with Gasteiger partial charge in [-0.15, -0.1) is 0 Å². The molecule has 48 heavy (non-hydrogen) atoms. The summed E-state index contributed by atoms with van der Waals surface area (Å²) in [6, 6.07) is 66.9. The highest BCUT2D eigenvalue weighted by molar-refractivity contribution is 6.13. The monoisotopic (exact) mass is 613 g/mol. The molecule has 1 heterocycles. The fourth-order valence-electron chi connectivity index (χ4n) is 6.82. The molecule has 226 valence electrons. The number of hydrogen-bond donors (Lipinski definition) is 0. The van der Waals surface area contributed by atoms with E-state index in [1.807, 2.05) is 0 Å². The molecule has 0 atom stereocenters. The first-order valence-corrected chi connectivity index (χ1v) is 16.3. The Balaban J connectivity index is 1.28. The molecular formula is C46H31NO. The number of benzene rings is 8. The van der Waals surface area contributed by atoms with Crippen molar-refractivity contribution in [2.45, 2.75) is 0 Å². The van der Waals surface area contributed by atoms with Crippen molar-refractivity contribution < 1.29 is 4.42 Å². The van der Waals surface area contributed by atoms with Gasteiger partial charge in [0, 0.05) is 27.7 Å². The van der Waals surface area contributed by atoms with Crippen LogP contribution in [0.2, 0.25) is 0 Å². The van der Waals surface area contributed by atoms with Crippen molar-refractivity contribution in [1.29, 1.82) is 0 Å². The predicted molar refractivity (Wildman–Crippen MR) is 202 cm³/mol. The molecule has 2 heteroatoms. The topological polar surface area (TPSA) is 16.4 Å². The molecule has 8 aromatic carbocycles. The molecule has 0 bridgehead atoms. The summed E-state index contributed by atoms with van der Waals surface area (Å²) < 4.78 is 6.58. The molecule has 0 unspecified atom stereocenters. The fraction of sp³-hybridized carbons (Fsp3) is 0. The SMILES string of the molecule is c1ccc(-c2ccc(N(c3ccc(-c4ccccc4)cc3)c3cc4c(cc3-c3ccccc3)oc3cc5ccccc5cc34)cc2)cc1. The molecule has 0 saturated carbocycles. The van der Waals surface area contributed by atoms with Gasteiger partial charge in [0.25, 0.3) is 0 Å². The van der Waals surface area contributed by atoms with Crippen LogP contribution in [-0.2, 0) is 0 Å². The van der Waals surface area contributed by atoms with Crippen LogP contribution in [0.5, 0.6) is 0 Å². The Hall–Kier alpha value is -6.38. The molecule has 2 nitrogen and oxygen atoms in total. The average molecular weight is 614 g/mol. The Morgan fingerprint density at radius 2 is 0.750 bits per heavy atom.